The number of ether oxygens (including phenoxy) is 1. The minimum absolute atomic E-state index is 0.0401. The van der Waals surface area contributed by atoms with Gasteiger partial charge in [0.2, 0.25) is 5.91 Å². The molecule has 1 heterocycles. The van der Waals surface area contributed by atoms with Crippen LogP contribution in [0.5, 0.6) is 5.75 Å². The molecule has 1 amide bonds. The summed E-state index contributed by atoms with van der Waals surface area (Å²) in [4.78, 5) is 11.6. The van der Waals surface area contributed by atoms with Gasteiger partial charge in [-0.3, -0.25) is 14.2 Å². The molecule has 0 saturated heterocycles. The summed E-state index contributed by atoms with van der Waals surface area (Å²) in [5, 5.41) is 2.60. The van der Waals surface area contributed by atoms with Crippen LogP contribution in [0.2, 0.25) is 0 Å². The van der Waals surface area contributed by atoms with E-state index in [2.05, 4.69) is 14.8 Å². The van der Waals surface area contributed by atoms with Crippen LogP contribution in [0.1, 0.15) is 11.8 Å². The molecule has 0 radical (unpaired) electrons. The van der Waals surface area contributed by atoms with Gasteiger partial charge in [-0.2, -0.15) is 0 Å². The molecule has 0 aliphatic carbocycles. The molecule has 0 aliphatic rings. The monoisotopic (exact) mass is 495 g/mol. The van der Waals surface area contributed by atoms with Crippen molar-refractivity contribution in [1.29, 1.82) is 0 Å². The zero-order valence-electron chi connectivity index (χ0n) is 17.2. The molecular weight excluding hydrogens is 474 g/mol. The topological polar surface area (TPSA) is 131 Å². The fourth-order valence-corrected chi connectivity index (χ4v) is 6.13. The molecule has 1 aromatic heterocycles. The van der Waals surface area contributed by atoms with E-state index in [4.69, 9.17) is 4.74 Å². The van der Waals surface area contributed by atoms with Crippen LogP contribution < -0.4 is 19.5 Å². The lowest BCUT2D eigenvalue weighted by Gasteiger charge is -2.13. The van der Waals surface area contributed by atoms with Crippen molar-refractivity contribution in [3.8, 4) is 5.75 Å². The van der Waals surface area contributed by atoms with Crippen molar-refractivity contribution in [2.24, 2.45) is 0 Å². The highest BCUT2D eigenvalue weighted by atomic mass is 32.2. The number of methoxy groups -OCH3 is 1. The minimum Gasteiger partial charge on any atom is -0.495 e. The Morgan fingerprint density at radius 1 is 0.938 bits per heavy atom. The molecule has 0 atom stereocenters. The minimum atomic E-state index is -4.00. The number of benzene rings is 2. The summed E-state index contributed by atoms with van der Waals surface area (Å²) >= 11 is 1.01. The first-order valence-electron chi connectivity index (χ1n) is 9.22. The van der Waals surface area contributed by atoms with Crippen LogP contribution >= 0.6 is 11.3 Å². The highest BCUT2D eigenvalue weighted by Crippen LogP contribution is 2.28. The number of thiophene rings is 1. The first kappa shape index (κ1) is 23.6. The first-order valence-corrected chi connectivity index (χ1v) is 13.0. The lowest BCUT2D eigenvalue weighted by molar-refractivity contribution is -0.119. The van der Waals surface area contributed by atoms with Crippen molar-refractivity contribution in [2.75, 3.05) is 16.6 Å². The number of hydrogen-bond acceptors (Lipinski definition) is 7. The third-order valence-electron chi connectivity index (χ3n) is 4.16. The molecule has 0 unspecified atom stereocenters. The SMILES string of the molecule is COc1ccccc1NS(=O)(=O)c1cccc(NS(=O)(=O)c2ccc(CNC(C)=O)s2)c1. The second-order valence-electron chi connectivity index (χ2n) is 6.57. The van der Waals surface area contributed by atoms with Gasteiger partial charge in [-0.15, -0.1) is 11.3 Å². The third kappa shape index (κ3) is 5.78. The van der Waals surface area contributed by atoms with Gasteiger partial charge in [0.1, 0.15) is 9.96 Å². The van der Waals surface area contributed by atoms with Crippen LogP contribution in [0, 0.1) is 0 Å². The molecule has 0 spiro atoms. The van der Waals surface area contributed by atoms with Crippen molar-refractivity contribution in [3.63, 3.8) is 0 Å². The van der Waals surface area contributed by atoms with Crippen LogP contribution in [0.15, 0.2) is 69.8 Å². The van der Waals surface area contributed by atoms with E-state index in [-0.39, 0.29) is 32.9 Å². The average molecular weight is 496 g/mol. The van der Waals surface area contributed by atoms with Gasteiger partial charge in [0, 0.05) is 11.8 Å². The Bertz CT molecular complexity index is 1330. The van der Waals surface area contributed by atoms with Gasteiger partial charge in [0.05, 0.1) is 29.9 Å². The average Bonchev–Trinajstić information content (AvgIpc) is 3.22. The fraction of sp³-hybridized carbons (Fsp3) is 0.150. The molecule has 32 heavy (non-hydrogen) atoms. The Hall–Kier alpha value is -3.09. The molecule has 3 aromatic rings. The summed E-state index contributed by atoms with van der Waals surface area (Å²) in [7, 11) is -6.52. The smallest absolute Gasteiger partial charge is 0.271 e. The number of hydrogen-bond donors (Lipinski definition) is 3. The molecule has 0 fully saturated rings. The van der Waals surface area contributed by atoms with Crippen molar-refractivity contribution in [3.05, 3.63) is 65.5 Å². The molecular formula is C20H21N3O6S3. The summed E-state index contributed by atoms with van der Waals surface area (Å²) < 4.78 is 61.1. The Morgan fingerprint density at radius 3 is 2.41 bits per heavy atom. The predicted octanol–water partition coefficient (Wildman–Crippen LogP) is 2.99. The number of sulfonamides is 2. The van der Waals surface area contributed by atoms with Crippen LogP contribution in [0.4, 0.5) is 11.4 Å². The maximum absolute atomic E-state index is 12.8. The van der Waals surface area contributed by atoms with E-state index in [1.54, 1.807) is 30.3 Å². The van der Waals surface area contributed by atoms with E-state index in [1.165, 1.54) is 44.4 Å². The lowest BCUT2D eigenvalue weighted by atomic mass is 10.3. The molecule has 0 bridgehead atoms. The van der Waals surface area contributed by atoms with Gasteiger partial charge in [-0.05, 0) is 42.5 Å². The number of carbonyl (C=O) groups is 1. The molecule has 9 nitrogen and oxygen atoms in total. The predicted molar refractivity (Wildman–Crippen MR) is 123 cm³/mol. The highest BCUT2D eigenvalue weighted by Gasteiger charge is 2.20. The second-order valence-corrected chi connectivity index (χ2v) is 11.3. The van der Waals surface area contributed by atoms with Crippen LogP contribution in [0.25, 0.3) is 0 Å². The van der Waals surface area contributed by atoms with E-state index in [1.807, 2.05) is 0 Å². The van der Waals surface area contributed by atoms with Crippen molar-refractivity contribution in [1.82, 2.24) is 5.32 Å². The maximum atomic E-state index is 12.8. The normalized spacial score (nSPS) is 11.6. The second kappa shape index (κ2) is 9.59. The Morgan fingerprint density at radius 2 is 1.69 bits per heavy atom. The summed E-state index contributed by atoms with van der Waals surface area (Å²) in [6, 6.07) is 15.0. The lowest BCUT2D eigenvalue weighted by Crippen LogP contribution is -2.18. The molecule has 0 saturated carbocycles. The van der Waals surface area contributed by atoms with E-state index in [0.29, 0.717) is 10.6 Å². The number of nitrogens with one attached hydrogen (secondary N) is 3. The number of rotatable bonds is 9. The molecule has 2 aromatic carbocycles. The quantitative estimate of drug-likeness (QED) is 0.418. The van der Waals surface area contributed by atoms with Crippen molar-refractivity contribution in [2.45, 2.75) is 22.6 Å². The van der Waals surface area contributed by atoms with E-state index in [9.17, 15) is 21.6 Å². The maximum Gasteiger partial charge on any atom is 0.271 e. The van der Waals surface area contributed by atoms with Gasteiger partial charge in [0.25, 0.3) is 20.0 Å². The van der Waals surface area contributed by atoms with E-state index in [0.717, 1.165) is 11.3 Å². The number of anilines is 2. The van der Waals surface area contributed by atoms with Gasteiger partial charge in [-0.25, -0.2) is 16.8 Å². The van der Waals surface area contributed by atoms with Crippen molar-refractivity contribution < 1.29 is 26.4 Å². The van der Waals surface area contributed by atoms with Gasteiger partial charge in [0.15, 0.2) is 0 Å². The Kier molecular flexibility index (Phi) is 7.06. The summed E-state index contributed by atoms with van der Waals surface area (Å²) in [5.74, 6) is 0.126. The summed E-state index contributed by atoms with van der Waals surface area (Å²) in [6.07, 6.45) is 0. The van der Waals surface area contributed by atoms with E-state index >= 15 is 0 Å². The zero-order chi connectivity index (χ0) is 23.4. The Labute approximate surface area is 190 Å². The fourth-order valence-electron chi connectivity index (χ4n) is 2.67. The molecule has 170 valence electrons. The molecule has 3 N–H and O–H groups in total. The largest absolute Gasteiger partial charge is 0.495 e. The number of para-hydroxylation sites is 2. The van der Waals surface area contributed by atoms with E-state index < -0.39 is 20.0 Å². The molecule has 12 heteroatoms. The number of amides is 1. The summed E-state index contributed by atoms with van der Waals surface area (Å²) in [6.45, 7) is 1.59. The number of carbonyl (C=O) groups excluding carboxylic acids is 1. The Balaban J connectivity index is 1.80. The highest BCUT2D eigenvalue weighted by molar-refractivity contribution is 7.94. The van der Waals surface area contributed by atoms with Crippen LogP contribution in [-0.4, -0.2) is 29.9 Å². The van der Waals surface area contributed by atoms with Crippen molar-refractivity contribution >= 4 is 48.7 Å². The molecule has 3 rings (SSSR count). The van der Waals surface area contributed by atoms with Crippen LogP contribution in [-0.2, 0) is 31.4 Å². The molecule has 0 aliphatic heterocycles. The summed E-state index contributed by atoms with van der Waals surface area (Å²) in [5.41, 5.74) is 0.344. The zero-order valence-corrected chi connectivity index (χ0v) is 19.6. The standard InChI is InChI=1S/C20H21N3O6S3/c1-14(24)21-13-16-10-11-20(30-16)32(27,28)22-15-6-5-7-17(12-15)31(25,26)23-18-8-3-4-9-19(18)29-2/h3-12,22-23H,13H2,1-2H3,(H,21,24). The van der Waals surface area contributed by atoms with Gasteiger partial charge >= 0.3 is 0 Å². The first-order chi connectivity index (χ1) is 15.1. The van der Waals surface area contributed by atoms with Crippen LogP contribution in [0.3, 0.4) is 0 Å². The third-order valence-corrected chi connectivity index (χ3v) is 8.48. The van der Waals surface area contributed by atoms with Gasteiger partial charge in [-0.1, -0.05) is 18.2 Å². The van der Waals surface area contributed by atoms with Gasteiger partial charge < -0.3 is 10.1 Å².